The lowest BCUT2D eigenvalue weighted by molar-refractivity contribution is -0.129. The smallest absolute Gasteiger partial charge is 0.360 e. The molecule has 6 nitrogen and oxygen atoms in total. The number of carboxylic acids is 1. The molecule has 4 aromatic rings. The highest BCUT2D eigenvalue weighted by Gasteiger charge is 2.43. The second-order valence-electron chi connectivity index (χ2n) is 7.01. The van der Waals surface area contributed by atoms with Crippen LogP contribution >= 0.6 is 23.7 Å². The summed E-state index contributed by atoms with van der Waals surface area (Å²) in [4.78, 5) is 22.0. The number of rotatable bonds is 7. The first-order valence-electron chi connectivity index (χ1n) is 9.87. The Morgan fingerprint density at radius 3 is 1.70 bits per heavy atom. The van der Waals surface area contributed by atoms with Crippen molar-refractivity contribution in [3.63, 3.8) is 0 Å². The molecule has 0 aliphatic rings. The lowest BCUT2D eigenvalue weighted by Gasteiger charge is -2.35. The Bertz CT molecular complexity index is 1150. The van der Waals surface area contributed by atoms with Gasteiger partial charge >= 0.3 is 5.97 Å². The van der Waals surface area contributed by atoms with Crippen molar-refractivity contribution < 1.29 is 14.7 Å². The maximum atomic E-state index is 12.1. The predicted octanol–water partition coefficient (Wildman–Crippen LogP) is 4.96. The maximum Gasteiger partial charge on any atom is 0.360 e. The van der Waals surface area contributed by atoms with E-state index in [0.29, 0.717) is 4.88 Å². The standard InChI is InChI=1S/C25H21N3O3S.ClH/c1-31-28-21(23(29)30)20-22(32-24(26)27-20)25(17-11-5-2-6-12-17,18-13-7-3-8-14-18)19-15-9-4-10-16-19;/h2-16H,1H3,(H2,26,27)(H,29,30);1H. The van der Waals surface area contributed by atoms with Gasteiger partial charge in [0.1, 0.15) is 12.8 Å². The fourth-order valence-corrected chi connectivity index (χ4v) is 5.08. The summed E-state index contributed by atoms with van der Waals surface area (Å²) < 4.78 is 0. The first-order valence-corrected chi connectivity index (χ1v) is 10.7. The summed E-state index contributed by atoms with van der Waals surface area (Å²) in [5.74, 6) is -1.25. The van der Waals surface area contributed by atoms with E-state index < -0.39 is 11.4 Å². The third kappa shape index (κ3) is 4.33. The molecule has 3 N–H and O–H groups in total. The third-order valence-electron chi connectivity index (χ3n) is 5.21. The van der Waals surface area contributed by atoms with Crippen molar-refractivity contribution >= 4 is 40.6 Å². The van der Waals surface area contributed by atoms with Crippen molar-refractivity contribution in [2.24, 2.45) is 5.16 Å². The van der Waals surface area contributed by atoms with Gasteiger partial charge in [-0.1, -0.05) is 107 Å². The van der Waals surface area contributed by atoms with Crippen LogP contribution < -0.4 is 5.73 Å². The van der Waals surface area contributed by atoms with E-state index in [0.717, 1.165) is 16.7 Å². The average molecular weight is 480 g/mol. The summed E-state index contributed by atoms with van der Waals surface area (Å²) in [7, 11) is 1.30. The maximum absolute atomic E-state index is 12.1. The van der Waals surface area contributed by atoms with E-state index in [9.17, 15) is 9.90 Å². The number of anilines is 1. The number of carbonyl (C=O) groups is 1. The normalized spacial score (nSPS) is 11.5. The molecule has 33 heavy (non-hydrogen) atoms. The van der Waals surface area contributed by atoms with E-state index in [1.807, 2.05) is 91.0 Å². The molecule has 168 valence electrons. The minimum Gasteiger partial charge on any atom is -0.476 e. The molecule has 0 aliphatic carbocycles. The molecule has 1 aromatic heterocycles. The fourth-order valence-electron chi connectivity index (χ4n) is 3.98. The number of carboxylic acid groups (broad SMARTS) is 1. The molecular weight excluding hydrogens is 458 g/mol. The summed E-state index contributed by atoms with van der Waals surface area (Å²) in [5.41, 5.74) is 8.01. The van der Waals surface area contributed by atoms with Crippen LogP contribution in [0.2, 0.25) is 0 Å². The first-order chi connectivity index (χ1) is 15.6. The minimum atomic E-state index is -1.25. The minimum absolute atomic E-state index is 0. The van der Waals surface area contributed by atoms with Crippen LogP contribution in [-0.2, 0) is 15.0 Å². The van der Waals surface area contributed by atoms with Crippen LogP contribution in [0.1, 0.15) is 27.3 Å². The molecule has 4 rings (SSSR count). The molecule has 0 atom stereocenters. The molecule has 0 saturated heterocycles. The van der Waals surface area contributed by atoms with Gasteiger partial charge < -0.3 is 15.7 Å². The van der Waals surface area contributed by atoms with Gasteiger partial charge in [-0.3, -0.25) is 0 Å². The quantitative estimate of drug-likeness (QED) is 0.222. The summed E-state index contributed by atoms with van der Waals surface area (Å²) in [5, 5.41) is 13.9. The van der Waals surface area contributed by atoms with E-state index in [1.54, 1.807) is 0 Å². The van der Waals surface area contributed by atoms with Crippen molar-refractivity contribution in [2.75, 3.05) is 12.8 Å². The van der Waals surface area contributed by atoms with Crippen molar-refractivity contribution in [2.45, 2.75) is 5.41 Å². The van der Waals surface area contributed by atoms with Crippen LogP contribution in [0, 0.1) is 0 Å². The van der Waals surface area contributed by atoms with Gasteiger partial charge in [0.2, 0.25) is 5.71 Å². The Labute approximate surface area is 201 Å². The van der Waals surface area contributed by atoms with Crippen molar-refractivity contribution in [3.8, 4) is 0 Å². The van der Waals surface area contributed by atoms with Gasteiger partial charge in [-0.05, 0) is 16.7 Å². The Morgan fingerprint density at radius 2 is 1.33 bits per heavy atom. The molecule has 0 amide bonds. The topological polar surface area (TPSA) is 97.8 Å². The fraction of sp³-hybridized carbons (Fsp3) is 0.0800. The number of oxime groups is 1. The van der Waals surface area contributed by atoms with Crippen LogP contribution in [0.5, 0.6) is 0 Å². The number of halogens is 1. The zero-order valence-electron chi connectivity index (χ0n) is 17.7. The van der Waals surface area contributed by atoms with Gasteiger partial charge in [-0.15, -0.1) is 12.4 Å². The summed E-state index contributed by atoms with van der Waals surface area (Å²) >= 11 is 1.24. The summed E-state index contributed by atoms with van der Waals surface area (Å²) in [6, 6.07) is 29.7. The number of nitrogens with two attached hydrogens (primary N) is 1. The second kappa shape index (κ2) is 10.3. The monoisotopic (exact) mass is 479 g/mol. The zero-order valence-corrected chi connectivity index (χ0v) is 19.3. The molecule has 1 heterocycles. The highest BCUT2D eigenvalue weighted by molar-refractivity contribution is 7.16. The molecule has 0 fully saturated rings. The van der Waals surface area contributed by atoms with E-state index in [-0.39, 0.29) is 28.9 Å². The van der Waals surface area contributed by atoms with Crippen molar-refractivity contribution in [1.82, 2.24) is 4.98 Å². The van der Waals surface area contributed by atoms with Crippen molar-refractivity contribution in [1.29, 1.82) is 0 Å². The Hall–Kier alpha value is -3.68. The van der Waals surface area contributed by atoms with E-state index >= 15 is 0 Å². The van der Waals surface area contributed by atoms with Crippen LogP contribution in [-0.4, -0.2) is 28.9 Å². The molecule has 0 unspecified atom stereocenters. The van der Waals surface area contributed by atoms with Gasteiger partial charge in [0.15, 0.2) is 5.13 Å². The number of benzene rings is 3. The van der Waals surface area contributed by atoms with E-state index in [1.165, 1.54) is 18.4 Å². The van der Waals surface area contributed by atoms with E-state index in [2.05, 4.69) is 10.1 Å². The molecule has 0 aliphatic heterocycles. The number of nitrogen functional groups attached to an aromatic ring is 1. The number of aromatic nitrogens is 1. The molecule has 8 heteroatoms. The predicted molar refractivity (Wildman–Crippen MR) is 133 cm³/mol. The summed E-state index contributed by atoms with van der Waals surface area (Å²) in [6.45, 7) is 0. The van der Waals surface area contributed by atoms with Gasteiger partial charge in [0.25, 0.3) is 0 Å². The highest BCUT2D eigenvalue weighted by atomic mass is 35.5. The third-order valence-corrected chi connectivity index (χ3v) is 6.22. The SMILES string of the molecule is CON=C(C(=O)O)c1nc(N)sc1C(c1ccccc1)(c1ccccc1)c1ccccc1.Cl. The number of thiazole rings is 1. The van der Waals surface area contributed by atoms with Crippen LogP contribution in [0.3, 0.4) is 0 Å². The summed E-state index contributed by atoms with van der Waals surface area (Å²) in [6.07, 6.45) is 0. The first kappa shape index (κ1) is 24.0. The van der Waals surface area contributed by atoms with E-state index in [4.69, 9.17) is 10.6 Å². The average Bonchev–Trinajstić information content (AvgIpc) is 3.21. The van der Waals surface area contributed by atoms with Gasteiger partial charge in [0, 0.05) is 0 Å². The van der Waals surface area contributed by atoms with Crippen molar-refractivity contribution in [3.05, 3.63) is 118 Å². The lowest BCUT2D eigenvalue weighted by Crippen LogP contribution is -2.33. The van der Waals surface area contributed by atoms with Gasteiger partial charge in [-0.25, -0.2) is 9.78 Å². The van der Waals surface area contributed by atoms with Crippen LogP contribution in [0.4, 0.5) is 5.13 Å². The molecule has 0 saturated carbocycles. The molecule has 0 radical (unpaired) electrons. The largest absolute Gasteiger partial charge is 0.476 e. The number of nitrogens with zero attached hydrogens (tertiary/aromatic N) is 2. The number of hydrogen-bond donors (Lipinski definition) is 2. The molecular formula is C25H22ClN3O3S. The molecule has 0 spiro atoms. The number of aliphatic carboxylic acids is 1. The Kier molecular flexibility index (Phi) is 7.48. The Morgan fingerprint density at radius 1 is 0.909 bits per heavy atom. The van der Waals surface area contributed by atoms with Crippen LogP contribution in [0.25, 0.3) is 0 Å². The molecule has 0 bridgehead atoms. The second-order valence-corrected chi connectivity index (χ2v) is 8.04. The molecule has 3 aromatic carbocycles. The zero-order chi connectivity index (χ0) is 22.6. The number of hydrogen-bond acceptors (Lipinski definition) is 6. The van der Waals surface area contributed by atoms with Crippen LogP contribution in [0.15, 0.2) is 96.2 Å². The Balaban J connectivity index is 0.00000306. The van der Waals surface area contributed by atoms with Gasteiger partial charge in [-0.2, -0.15) is 0 Å². The highest BCUT2D eigenvalue weighted by Crippen LogP contribution is 2.49. The van der Waals surface area contributed by atoms with Gasteiger partial charge in [0.05, 0.1) is 10.3 Å². The lowest BCUT2D eigenvalue weighted by atomic mass is 9.67.